The molecule has 5 heteroatoms. The topological polar surface area (TPSA) is 35.5 Å². The minimum absolute atomic E-state index is 0.0415. The molecule has 1 aromatic rings. The Kier molecular flexibility index (Phi) is 7.31. The van der Waals surface area contributed by atoms with Gasteiger partial charge < -0.3 is 15.3 Å². The number of rotatable bonds is 8. The average molecular weight is 289 g/mol. The van der Waals surface area contributed by atoms with E-state index in [1.54, 1.807) is 12.1 Å². The fraction of sp³-hybridized carbons (Fsp3) is 0.571. The van der Waals surface area contributed by atoms with E-state index < -0.39 is 5.82 Å². The quantitative estimate of drug-likeness (QED) is 0.771. The van der Waals surface area contributed by atoms with Crippen molar-refractivity contribution in [3.05, 3.63) is 34.6 Å². The fourth-order valence-corrected chi connectivity index (χ4v) is 2.14. The number of aliphatic hydroxyl groups is 1. The predicted molar refractivity (Wildman–Crippen MR) is 77.0 cm³/mol. The summed E-state index contributed by atoms with van der Waals surface area (Å²) in [5.41, 5.74) is 0.799. The summed E-state index contributed by atoms with van der Waals surface area (Å²) in [7, 11) is 0. The van der Waals surface area contributed by atoms with E-state index in [1.807, 2.05) is 0 Å². The highest BCUT2D eigenvalue weighted by Crippen LogP contribution is 2.20. The zero-order valence-corrected chi connectivity index (χ0v) is 12.3. The summed E-state index contributed by atoms with van der Waals surface area (Å²) < 4.78 is 13.1. The van der Waals surface area contributed by atoms with Crippen molar-refractivity contribution in [3.63, 3.8) is 0 Å². The average Bonchev–Trinajstić information content (AvgIpc) is 2.42. The van der Waals surface area contributed by atoms with Gasteiger partial charge in [0.25, 0.3) is 0 Å². The smallest absolute Gasteiger partial charge is 0.141 e. The highest BCUT2D eigenvalue weighted by molar-refractivity contribution is 6.30. The van der Waals surface area contributed by atoms with E-state index in [-0.39, 0.29) is 17.7 Å². The first-order valence-electron chi connectivity index (χ1n) is 6.63. The first-order chi connectivity index (χ1) is 9.12. The number of likely N-dealkylation sites (N-methyl/N-ethyl adjacent to an activating group) is 1. The monoisotopic (exact) mass is 288 g/mol. The number of hydrogen-bond acceptors (Lipinski definition) is 3. The number of benzene rings is 1. The van der Waals surface area contributed by atoms with Crippen LogP contribution in [0.5, 0.6) is 0 Å². The predicted octanol–water partition coefficient (Wildman–Crippen LogP) is 2.44. The Balaban J connectivity index is 2.55. The lowest BCUT2D eigenvalue weighted by Crippen LogP contribution is -2.34. The third-order valence-electron chi connectivity index (χ3n) is 3.24. The molecule has 0 saturated heterocycles. The minimum Gasteiger partial charge on any atom is -0.394 e. The first kappa shape index (κ1) is 16.4. The maximum Gasteiger partial charge on any atom is 0.141 e. The fourth-order valence-electron chi connectivity index (χ4n) is 1.95. The summed E-state index contributed by atoms with van der Waals surface area (Å²) in [6, 6.07) is 4.31. The first-order valence-corrected chi connectivity index (χ1v) is 7.01. The molecular weight excluding hydrogens is 267 g/mol. The van der Waals surface area contributed by atoms with Crippen molar-refractivity contribution in [1.82, 2.24) is 10.2 Å². The molecule has 0 saturated carbocycles. The normalized spacial score (nSPS) is 12.9. The van der Waals surface area contributed by atoms with E-state index in [4.69, 9.17) is 11.6 Å². The standard InChI is InChI=1S/C14H22ClFN2O/c1-3-18(4-2)8-7-17-14(10-19)11-5-6-13(16)12(15)9-11/h5-6,9,14,17,19H,3-4,7-8,10H2,1-2H3. The molecule has 0 bridgehead atoms. The Labute approximate surface area is 119 Å². The van der Waals surface area contributed by atoms with Crippen LogP contribution < -0.4 is 5.32 Å². The second-order valence-corrected chi connectivity index (χ2v) is 4.80. The molecule has 0 aliphatic heterocycles. The molecule has 0 aromatic heterocycles. The molecule has 0 amide bonds. The van der Waals surface area contributed by atoms with Crippen molar-refractivity contribution >= 4 is 11.6 Å². The molecule has 0 fully saturated rings. The maximum atomic E-state index is 13.1. The van der Waals surface area contributed by atoms with Crippen LogP contribution in [-0.2, 0) is 0 Å². The Hall–Kier alpha value is -0.680. The summed E-state index contributed by atoms with van der Waals surface area (Å²) >= 11 is 5.75. The summed E-state index contributed by atoms with van der Waals surface area (Å²) in [5.74, 6) is -0.440. The van der Waals surface area contributed by atoms with Crippen LogP contribution in [0.1, 0.15) is 25.5 Å². The van der Waals surface area contributed by atoms with E-state index in [9.17, 15) is 9.50 Å². The van der Waals surface area contributed by atoms with Gasteiger partial charge in [-0.25, -0.2) is 4.39 Å². The molecule has 0 aliphatic carbocycles. The molecule has 0 spiro atoms. The Morgan fingerprint density at radius 3 is 2.58 bits per heavy atom. The zero-order chi connectivity index (χ0) is 14.3. The van der Waals surface area contributed by atoms with Gasteiger partial charge in [-0.2, -0.15) is 0 Å². The zero-order valence-electron chi connectivity index (χ0n) is 11.5. The van der Waals surface area contributed by atoms with Crippen molar-refractivity contribution < 1.29 is 9.50 Å². The Morgan fingerprint density at radius 1 is 1.37 bits per heavy atom. The van der Waals surface area contributed by atoms with Gasteiger partial charge in [-0.05, 0) is 30.8 Å². The van der Waals surface area contributed by atoms with Crippen molar-refractivity contribution in [2.24, 2.45) is 0 Å². The second-order valence-electron chi connectivity index (χ2n) is 4.39. The molecule has 0 aliphatic rings. The van der Waals surface area contributed by atoms with Crippen molar-refractivity contribution in [1.29, 1.82) is 0 Å². The third-order valence-corrected chi connectivity index (χ3v) is 3.53. The number of hydrogen-bond donors (Lipinski definition) is 2. The molecule has 108 valence electrons. The van der Waals surface area contributed by atoms with Gasteiger partial charge in [0.05, 0.1) is 17.7 Å². The summed E-state index contributed by atoms with van der Waals surface area (Å²) in [4.78, 5) is 2.29. The highest BCUT2D eigenvalue weighted by Gasteiger charge is 2.12. The van der Waals surface area contributed by atoms with Crippen LogP contribution in [0.3, 0.4) is 0 Å². The van der Waals surface area contributed by atoms with Crippen LogP contribution in [0, 0.1) is 5.82 Å². The van der Waals surface area contributed by atoms with Crippen LogP contribution in [-0.4, -0.2) is 42.8 Å². The summed E-state index contributed by atoms with van der Waals surface area (Å²) in [6.45, 7) is 7.88. The molecule has 19 heavy (non-hydrogen) atoms. The number of nitrogens with one attached hydrogen (secondary N) is 1. The Morgan fingerprint density at radius 2 is 2.05 bits per heavy atom. The maximum absolute atomic E-state index is 13.1. The largest absolute Gasteiger partial charge is 0.394 e. The Bertz CT molecular complexity index is 386. The van der Waals surface area contributed by atoms with Crippen molar-refractivity contribution in [3.8, 4) is 0 Å². The van der Waals surface area contributed by atoms with Gasteiger partial charge in [0, 0.05) is 13.1 Å². The van der Waals surface area contributed by atoms with Crippen LogP contribution in [0.15, 0.2) is 18.2 Å². The summed E-state index contributed by atoms with van der Waals surface area (Å²) in [6.07, 6.45) is 0. The molecular formula is C14H22ClFN2O. The number of aliphatic hydroxyl groups excluding tert-OH is 1. The summed E-state index contributed by atoms with van der Waals surface area (Å²) in [5, 5.41) is 12.7. The van der Waals surface area contributed by atoms with Gasteiger partial charge >= 0.3 is 0 Å². The lowest BCUT2D eigenvalue weighted by molar-refractivity contribution is 0.233. The van der Waals surface area contributed by atoms with E-state index >= 15 is 0 Å². The number of halogens is 2. The molecule has 2 N–H and O–H groups in total. The van der Waals surface area contributed by atoms with Gasteiger partial charge in [-0.3, -0.25) is 0 Å². The van der Waals surface area contributed by atoms with Gasteiger partial charge in [0.2, 0.25) is 0 Å². The van der Waals surface area contributed by atoms with E-state index in [2.05, 4.69) is 24.1 Å². The molecule has 1 unspecified atom stereocenters. The molecule has 3 nitrogen and oxygen atoms in total. The highest BCUT2D eigenvalue weighted by atomic mass is 35.5. The van der Waals surface area contributed by atoms with Crippen molar-refractivity contribution in [2.75, 3.05) is 32.8 Å². The molecule has 1 rings (SSSR count). The van der Waals surface area contributed by atoms with Gasteiger partial charge in [0.1, 0.15) is 5.82 Å². The van der Waals surface area contributed by atoms with Crippen LogP contribution in [0.2, 0.25) is 5.02 Å². The molecule has 0 heterocycles. The molecule has 0 radical (unpaired) electrons. The lowest BCUT2D eigenvalue weighted by Gasteiger charge is -2.21. The lowest BCUT2D eigenvalue weighted by atomic mass is 10.1. The van der Waals surface area contributed by atoms with Crippen LogP contribution in [0.4, 0.5) is 4.39 Å². The van der Waals surface area contributed by atoms with E-state index in [1.165, 1.54) is 6.07 Å². The minimum atomic E-state index is -0.440. The van der Waals surface area contributed by atoms with E-state index in [0.717, 1.165) is 31.7 Å². The second kappa shape index (κ2) is 8.48. The van der Waals surface area contributed by atoms with Crippen LogP contribution in [0.25, 0.3) is 0 Å². The van der Waals surface area contributed by atoms with Crippen molar-refractivity contribution in [2.45, 2.75) is 19.9 Å². The SMILES string of the molecule is CCN(CC)CCNC(CO)c1ccc(F)c(Cl)c1. The molecule has 1 aromatic carbocycles. The van der Waals surface area contributed by atoms with Gasteiger partial charge in [0.15, 0.2) is 0 Å². The van der Waals surface area contributed by atoms with Crippen LogP contribution >= 0.6 is 11.6 Å². The molecule has 1 atom stereocenters. The van der Waals surface area contributed by atoms with E-state index in [0.29, 0.717) is 0 Å². The van der Waals surface area contributed by atoms with Gasteiger partial charge in [-0.1, -0.05) is 31.5 Å². The number of nitrogens with zero attached hydrogens (tertiary/aromatic N) is 1. The third kappa shape index (κ3) is 5.07. The van der Waals surface area contributed by atoms with Gasteiger partial charge in [-0.15, -0.1) is 0 Å².